The van der Waals surface area contributed by atoms with E-state index in [0.717, 1.165) is 16.5 Å². The van der Waals surface area contributed by atoms with Crippen molar-refractivity contribution in [1.82, 2.24) is 15.1 Å². The highest BCUT2D eigenvalue weighted by atomic mass is 16.5. The molecular formula is C23H25N3O4. The van der Waals surface area contributed by atoms with Gasteiger partial charge in [0.15, 0.2) is 5.76 Å². The van der Waals surface area contributed by atoms with Crippen molar-refractivity contribution in [1.29, 1.82) is 0 Å². The van der Waals surface area contributed by atoms with E-state index < -0.39 is 0 Å². The number of ether oxygens (including phenoxy) is 1. The van der Waals surface area contributed by atoms with Crippen molar-refractivity contribution in [2.45, 2.75) is 6.61 Å². The number of likely N-dealkylation sites (N-methyl/N-ethyl adjacent to an activating group) is 1. The predicted octanol–water partition coefficient (Wildman–Crippen LogP) is 2.52. The van der Waals surface area contributed by atoms with Gasteiger partial charge in [-0.3, -0.25) is 14.5 Å². The van der Waals surface area contributed by atoms with Crippen LogP contribution in [-0.4, -0.2) is 61.4 Å². The third kappa shape index (κ3) is 4.63. The molecule has 2 aromatic carbocycles. The van der Waals surface area contributed by atoms with Crippen molar-refractivity contribution in [2.75, 3.05) is 39.8 Å². The van der Waals surface area contributed by atoms with E-state index in [2.05, 4.69) is 11.4 Å². The fraction of sp³-hybridized carbons (Fsp3) is 0.304. The lowest BCUT2D eigenvalue weighted by atomic mass is 10.1. The standard InChI is InChI=1S/C23H25N3O4/c1-24-22(27)15-25-10-12-26(13-11-25)23(28)21-9-8-20(30-21)16-29-19-7-6-17-4-2-3-5-18(17)14-19/h2-9,14H,10-13,15-16H2,1H3,(H,24,27). The molecular weight excluding hydrogens is 382 g/mol. The Morgan fingerprint density at radius 1 is 1.00 bits per heavy atom. The van der Waals surface area contributed by atoms with Gasteiger partial charge in [-0.1, -0.05) is 30.3 Å². The smallest absolute Gasteiger partial charge is 0.289 e. The van der Waals surface area contributed by atoms with Gasteiger partial charge in [-0.2, -0.15) is 0 Å². The van der Waals surface area contributed by atoms with Crippen molar-refractivity contribution in [2.24, 2.45) is 0 Å². The van der Waals surface area contributed by atoms with Gasteiger partial charge in [0.2, 0.25) is 5.91 Å². The Bertz CT molecular complexity index is 1040. The van der Waals surface area contributed by atoms with Crippen LogP contribution >= 0.6 is 0 Å². The topological polar surface area (TPSA) is 75.0 Å². The first kappa shape index (κ1) is 20.0. The zero-order valence-electron chi connectivity index (χ0n) is 17.0. The lowest BCUT2D eigenvalue weighted by molar-refractivity contribution is -0.122. The van der Waals surface area contributed by atoms with Crippen LogP contribution in [0.2, 0.25) is 0 Å². The molecule has 1 saturated heterocycles. The lowest BCUT2D eigenvalue weighted by Crippen LogP contribution is -2.50. The minimum Gasteiger partial charge on any atom is -0.486 e. The molecule has 0 unspecified atom stereocenters. The van der Waals surface area contributed by atoms with Crippen LogP contribution in [0.3, 0.4) is 0 Å². The number of amides is 2. The van der Waals surface area contributed by atoms with Crippen LogP contribution in [0.5, 0.6) is 5.75 Å². The van der Waals surface area contributed by atoms with Gasteiger partial charge in [0.25, 0.3) is 5.91 Å². The number of piperazine rings is 1. The van der Waals surface area contributed by atoms with Crippen LogP contribution < -0.4 is 10.1 Å². The molecule has 0 spiro atoms. The molecule has 0 aliphatic carbocycles. The molecule has 1 N–H and O–H groups in total. The number of nitrogens with one attached hydrogen (secondary N) is 1. The molecule has 0 saturated carbocycles. The van der Waals surface area contributed by atoms with Crippen LogP contribution in [0, 0.1) is 0 Å². The Morgan fingerprint density at radius 3 is 2.53 bits per heavy atom. The van der Waals surface area contributed by atoms with Crippen molar-refractivity contribution in [3.8, 4) is 5.75 Å². The Hall–Kier alpha value is -3.32. The summed E-state index contributed by atoms with van der Waals surface area (Å²) in [4.78, 5) is 28.0. The second-order valence-electron chi connectivity index (χ2n) is 7.31. The Balaban J connectivity index is 1.31. The maximum Gasteiger partial charge on any atom is 0.289 e. The number of nitrogens with zero attached hydrogens (tertiary/aromatic N) is 2. The molecule has 30 heavy (non-hydrogen) atoms. The number of rotatable bonds is 6. The highest BCUT2D eigenvalue weighted by molar-refractivity contribution is 5.91. The van der Waals surface area contributed by atoms with Crippen LogP contribution in [-0.2, 0) is 11.4 Å². The Labute approximate surface area is 175 Å². The predicted molar refractivity (Wildman–Crippen MR) is 113 cm³/mol. The quantitative estimate of drug-likeness (QED) is 0.680. The number of carbonyl (C=O) groups is 2. The summed E-state index contributed by atoms with van der Waals surface area (Å²) in [5, 5.41) is 4.89. The van der Waals surface area contributed by atoms with E-state index in [9.17, 15) is 9.59 Å². The molecule has 1 aliphatic rings. The first-order valence-electron chi connectivity index (χ1n) is 10.0. The van der Waals surface area contributed by atoms with E-state index in [4.69, 9.17) is 9.15 Å². The summed E-state index contributed by atoms with van der Waals surface area (Å²) in [7, 11) is 1.63. The molecule has 0 bridgehead atoms. The normalized spacial score (nSPS) is 14.6. The number of carbonyl (C=O) groups excluding carboxylic acids is 2. The highest BCUT2D eigenvalue weighted by Crippen LogP contribution is 2.22. The molecule has 3 aromatic rings. The maximum absolute atomic E-state index is 12.7. The minimum absolute atomic E-state index is 0.0168. The van der Waals surface area contributed by atoms with Crippen molar-refractivity contribution in [3.05, 3.63) is 66.1 Å². The average Bonchev–Trinajstić information content (AvgIpc) is 3.26. The van der Waals surface area contributed by atoms with E-state index in [1.807, 2.05) is 41.3 Å². The molecule has 2 heterocycles. The Morgan fingerprint density at radius 2 is 1.77 bits per heavy atom. The summed E-state index contributed by atoms with van der Waals surface area (Å²) in [6, 6.07) is 17.5. The van der Waals surface area contributed by atoms with Crippen molar-refractivity contribution < 1.29 is 18.7 Å². The molecule has 156 valence electrons. The van der Waals surface area contributed by atoms with Crippen molar-refractivity contribution in [3.63, 3.8) is 0 Å². The number of benzene rings is 2. The zero-order chi connectivity index (χ0) is 20.9. The summed E-state index contributed by atoms with van der Waals surface area (Å²) in [6.45, 7) is 3.08. The van der Waals surface area contributed by atoms with E-state index >= 15 is 0 Å². The second-order valence-corrected chi connectivity index (χ2v) is 7.31. The van der Waals surface area contributed by atoms with Gasteiger partial charge in [0.1, 0.15) is 18.1 Å². The number of hydrogen-bond acceptors (Lipinski definition) is 5. The van der Waals surface area contributed by atoms with Crippen molar-refractivity contribution >= 4 is 22.6 Å². The molecule has 0 radical (unpaired) electrons. The van der Waals surface area contributed by atoms with Gasteiger partial charge < -0.3 is 19.4 Å². The molecule has 4 rings (SSSR count). The van der Waals surface area contributed by atoms with Gasteiger partial charge >= 0.3 is 0 Å². The SMILES string of the molecule is CNC(=O)CN1CCN(C(=O)c2ccc(COc3ccc4ccccc4c3)o2)CC1. The van der Waals surface area contributed by atoms with Crippen LogP contribution in [0.15, 0.2) is 59.0 Å². The molecule has 1 aromatic heterocycles. The molecule has 7 heteroatoms. The summed E-state index contributed by atoms with van der Waals surface area (Å²) in [6.07, 6.45) is 0. The van der Waals surface area contributed by atoms with Gasteiger partial charge in [0, 0.05) is 33.2 Å². The lowest BCUT2D eigenvalue weighted by Gasteiger charge is -2.33. The maximum atomic E-state index is 12.7. The van der Waals surface area contributed by atoms with E-state index in [1.165, 1.54) is 0 Å². The van der Waals surface area contributed by atoms with E-state index in [-0.39, 0.29) is 18.4 Å². The third-order valence-corrected chi connectivity index (χ3v) is 5.28. The zero-order valence-corrected chi connectivity index (χ0v) is 17.0. The first-order chi connectivity index (χ1) is 14.6. The van der Waals surface area contributed by atoms with Gasteiger partial charge in [-0.25, -0.2) is 0 Å². The number of furan rings is 1. The third-order valence-electron chi connectivity index (χ3n) is 5.28. The molecule has 7 nitrogen and oxygen atoms in total. The van der Waals surface area contributed by atoms with E-state index in [1.54, 1.807) is 24.1 Å². The summed E-state index contributed by atoms with van der Waals surface area (Å²) in [5.74, 6) is 1.52. The molecule has 1 fully saturated rings. The highest BCUT2D eigenvalue weighted by Gasteiger charge is 2.25. The van der Waals surface area contributed by atoms with Gasteiger partial charge in [-0.15, -0.1) is 0 Å². The van der Waals surface area contributed by atoms with Crippen LogP contribution in [0.4, 0.5) is 0 Å². The Kier molecular flexibility index (Phi) is 5.99. The number of fused-ring (bicyclic) bond motifs is 1. The first-order valence-corrected chi connectivity index (χ1v) is 10.0. The molecule has 2 amide bonds. The summed E-state index contributed by atoms with van der Waals surface area (Å²) in [5.41, 5.74) is 0. The van der Waals surface area contributed by atoms with Gasteiger partial charge in [-0.05, 0) is 35.0 Å². The fourth-order valence-corrected chi connectivity index (χ4v) is 3.53. The van der Waals surface area contributed by atoms with Crippen LogP contribution in [0.1, 0.15) is 16.3 Å². The number of hydrogen-bond donors (Lipinski definition) is 1. The second kappa shape index (κ2) is 9.00. The summed E-state index contributed by atoms with van der Waals surface area (Å²) < 4.78 is 11.6. The fourth-order valence-electron chi connectivity index (χ4n) is 3.53. The minimum atomic E-state index is -0.133. The molecule has 1 aliphatic heterocycles. The van der Waals surface area contributed by atoms with Gasteiger partial charge in [0.05, 0.1) is 6.54 Å². The van der Waals surface area contributed by atoms with Crippen LogP contribution in [0.25, 0.3) is 10.8 Å². The monoisotopic (exact) mass is 407 g/mol. The molecule has 0 atom stereocenters. The van der Waals surface area contributed by atoms with E-state index in [0.29, 0.717) is 44.2 Å². The average molecular weight is 407 g/mol. The largest absolute Gasteiger partial charge is 0.486 e. The summed E-state index contributed by atoms with van der Waals surface area (Å²) >= 11 is 0.